The molecule has 0 saturated heterocycles. The molecule has 0 rings (SSSR count). The maximum absolute atomic E-state index is 12.6. The van der Waals surface area contributed by atoms with Gasteiger partial charge in [-0.2, -0.15) is 0 Å². The Morgan fingerprint density at radius 1 is 0.550 bits per heavy atom. The van der Waals surface area contributed by atoms with Crippen molar-refractivity contribution in [3.63, 3.8) is 0 Å². The van der Waals surface area contributed by atoms with Crippen LogP contribution in [-0.2, 0) is 32.7 Å². The van der Waals surface area contributed by atoms with Crippen LogP contribution in [0.2, 0.25) is 0 Å². The molecular weight excluding hydrogens is 774 g/mol. The molecule has 0 amide bonds. The number of quaternary nitrogens is 1. The molecule has 0 heterocycles. The van der Waals surface area contributed by atoms with Gasteiger partial charge >= 0.3 is 11.9 Å². The van der Waals surface area contributed by atoms with Crippen LogP contribution in [0.3, 0.4) is 0 Å². The van der Waals surface area contributed by atoms with Crippen LogP contribution >= 0.6 is 7.82 Å². The van der Waals surface area contributed by atoms with Crippen molar-refractivity contribution in [1.29, 1.82) is 0 Å². The first-order valence-electron chi connectivity index (χ1n) is 25.1. The van der Waals surface area contributed by atoms with Crippen molar-refractivity contribution in [2.75, 3.05) is 47.5 Å². The number of phosphoric acid groups is 1. The van der Waals surface area contributed by atoms with Crippen molar-refractivity contribution >= 4 is 19.8 Å². The lowest BCUT2D eigenvalue weighted by Gasteiger charge is -2.28. The van der Waals surface area contributed by atoms with E-state index in [-0.39, 0.29) is 19.6 Å². The number of likely N-dealkylation sites (N-methyl/N-ethyl adjacent to an activating group) is 1. The zero-order valence-corrected chi connectivity index (χ0v) is 40.8. The molecule has 1 unspecified atom stereocenters. The zero-order chi connectivity index (χ0) is 44.3. The van der Waals surface area contributed by atoms with Gasteiger partial charge in [0.05, 0.1) is 27.7 Å². The van der Waals surface area contributed by atoms with Crippen LogP contribution in [0.25, 0.3) is 0 Å². The van der Waals surface area contributed by atoms with Crippen molar-refractivity contribution in [2.24, 2.45) is 0 Å². The highest BCUT2D eigenvalue weighted by molar-refractivity contribution is 7.45. The van der Waals surface area contributed by atoms with Crippen LogP contribution in [0.4, 0.5) is 0 Å². The number of rotatable bonds is 46. The maximum atomic E-state index is 12.6. The molecule has 0 N–H and O–H groups in total. The standard InChI is InChI=1S/C50H96NO8P/c1-6-8-10-12-14-16-18-20-22-23-24-25-26-27-29-30-32-34-36-38-40-42-49(52)56-46-48(47-58-60(54,55)57-45-44-51(3,4)5)59-50(53)43-41-39-37-35-33-31-28-21-19-17-15-13-11-9-7-2/h37,39,41,43,48H,6-36,38,40,42,44-47H2,1-5H3/b39-37+,43-41+/t48-/m0/s1. The predicted octanol–water partition coefficient (Wildman–Crippen LogP) is 14.1. The minimum atomic E-state index is -4.65. The van der Waals surface area contributed by atoms with Crippen LogP contribution in [0, 0.1) is 0 Å². The van der Waals surface area contributed by atoms with E-state index in [2.05, 4.69) is 13.8 Å². The summed E-state index contributed by atoms with van der Waals surface area (Å²) in [4.78, 5) is 37.5. The van der Waals surface area contributed by atoms with E-state index in [1.807, 2.05) is 33.3 Å². The molecule has 0 aromatic carbocycles. The largest absolute Gasteiger partial charge is 0.756 e. The number of nitrogens with zero attached hydrogens (tertiary/aromatic N) is 1. The third-order valence-electron chi connectivity index (χ3n) is 11.1. The Morgan fingerprint density at radius 2 is 0.950 bits per heavy atom. The highest BCUT2D eigenvalue weighted by atomic mass is 31.2. The molecule has 0 aliphatic heterocycles. The Labute approximate surface area is 370 Å². The molecule has 0 saturated carbocycles. The Balaban J connectivity index is 4.28. The smallest absolute Gasteiger partial charge is 0.331 e. The first kappa shape index (κ1) is 58.5. The summed E-state index contributed by atoms with van der Waals surface area (Å²) in [5.74, 6) is -1.07. The number of allylic oxidation sites excluding steroid dienone is 3. The van der Waals surface area contributed by atoms with E-state index < -0.39 is 32.5 Å². The van der Waals surface area contributed by atoms with Gasteiger partial charge in [-0.1, -0.05) is 225 Å². The highest BCUT2D eigenvalue weighted by Gasteiger charge is 2.21. The lowest BCUT2D eigenvalue weighted by molar-refractivity contribution is -0.870. The molecule has 0 aliphatic rings. The third kappa shape index (κ3) is 46.0. The summed E-state index contributed by atoms with van der Waals surface area (Å²) < 4.78 is 33.8. The van der Waals surface area contributed by atoms with Crippen molar-refractivity contribution < 1.29 is 42.1 Å². The van der Waals surface area contributed by atoms with Gasteiger partial charge in [0.2, 0.25) is 0 Å². The van der Waals surface area contributed by atoms with E-state index in [0.717, 1.165) is 32.1 Å². The molecule has 0 bridgehead atoms. The zero-order valence-electron chi connectivity index (χ0n) is 39.9. The van der Waals surface area contributed by atoms with Gasteiger partial charge in [0.1, 0.15) is 19.8 Å². The summed E-state index contributed by atoms with van der Waals surface area (Å²) in [6.45, 7) is 4.14. The number of phosphoric ester groups is 1. The molecule has 0 aromatic heterocycles. The lowest BCUT2D eigenvalue weighted by atomic mass is 10.0. The van der Waals surface area contributed by atoms with Gasteiger partial charge in [-0.25, -0.2) is 4.79 Å². The molecule has 0 aromatic rings. The number of carbonyl (C=O) groups excluding carboxylic acids is 2. The number of unbranched alkanes of at least 4 members (excludes halogenated alkanes) is 31. The fourth-order valence-electron chi connectivity index (χ4n) is 7.15. The summed E-state index contributed by atoms with van der Waals surface area (Å²) in [5, 5.41) is 0. The second-order valence-corrected chi connectivity index (χ2v) is 19.7. The van der Waals surface area contributed by atoms with Crippen molar-refractivity contribution in [1.82, 2.24) is 0 Å². The van der Waals surface area contributed by atoms with Crippen molar-refractivity contribution in [3.05, 3.63) is 24.3 Å². The predicted molar refractivity (Wildman–Crippen MR) is 250 cm³/mol. The van der Waals surface area contributed by atoms with Crippen LogP contribution in [0.15, 0.2) is 24.3 Å². The minimum absolute atomic E-state index is 0.0442. The number of hydrogen-bond donors (Lipinski definition) is 0. The van der Waals surface area contributed by atoms with E-state index in [0.29, 0.717) is 11.0 Å². The average molecular weight is 870 g/mol. The molecular formula is C50H96NO8P. The molecule has 0 spiro atoms. The Kier molecular flexibility index (Phi) is 41.7. The first-order valence-corrected chi connectivity index (χ1v) is 26.5. The van der Waals surface area contributed by atoms with Crippen molar-refractivity contribution in [2.45, 2.75) is 238 Å². The van der Waals surface area contributed by atoms with Gasteiger partial charge in [-0.05, 0) is 19.3 Å². The third-order valence-corrected chi connectivity index (χ3v) is 12.0. The van der Waals surface area contributed by atoms with Crippen LogP contribution < -0.4 is 4.89 Å². The maximum Gasteiger partial charge on any atom is 0.331 e. The Morgan fingerprint density at radius 3 is 1.37 bits per heavy atom. The molecule has 9 nitrogen and oxygen atoms in total. The average Bonchev–Trinajstić information content (AvgIpc) is 3.20. The molecule has 2 atom stereocenters. The summed E-state index contributed by atoms with van der Waals surface area (Å²) in [6.07, 6.45) is 48.5. The SMILES string of the molecule is CCCCCCCCCCCCC/C=C/C=C/C(=O)O[C@@H](COC(=O)CCCCCCCCCCCCCCCCCCCCCCC)COP(=O)([O-])OCC[N+](C)(C)C. The van der Waals surface area contributed by atoms with E-state index >= 15 is 0 Å². The van der Waals surface area contributed by atoms with E-state index in [9.17, 15) is 19.0 Å². The summed E-state index contributed by atoms with van der Waals surface area (Å²) in [5.41, 5.74) is 0. The van der Waals surface area contributed by atoms with E-state index in [1.54, 1.807) is 6.08 Å². The number of ether oxygens (including phenoxy) is 2. The minimum Gasteiger partial charge on any atom is -0.756 e. The topological polar surface area (TPSA) is 111 Å². The molecule has 60 heavy (non-hydrogen) atoms. The van der Waals surface area contributed by atoms with Crippen molar-refractivity contribution in [3.8, 4) is 0 Å². The number of esters is 2. The molecule has 10 heteroatoms. The second kappa shape index (κ2) is 42.8. The highest BCUT2D eigenvalue weighted by Crippen LogP contribution is 2.38. The second-order valence-electron chi connectivity index (χ2n) is 18.3. The summed E-state index contributed by atoms with van der Waals surface area (Å²) in [6, 6.07) is 0. The van der Waals surface area contributed by atoms with Crippen LogP contribution in [0.5, 0.6) is 0 Å². The monoisotopic (exact) mass is 870 g/mol. The van der Waals surface area contributed by atoms with Crippen LogP contribution in [-0.4, -0.2) is 70.0 Å². The van der Waals surface area contributed by atoms with Gasteiger partial charge in [0.15, 0.2) is 6.10 Å². The fraction of sp³-hybridized carbons (Fsp3) is 0.880. The van der Waals surface area contributed by atoms with Gasteiger partial charge in [-0.3, -0.25) is 9.36 Å². The normalized spacial score (nSPS) is 13.6. The van der Waals surface area contributed by atoms with E-state index in [4.69, 9.17) is 18.5 Å². The Bertz CT molecular complexity index is 1070. The fourth-order valence-corrected chi connectivity index (χ4v) is 7.88. The van der Waals surface area contributed by atoms with E-state index in [1.165, 1.54) is 186 Å². The summed E-state index contributed by atoms with van der Waals surface area (Å²) >= 11 is 0. The number of hydrogen-bond acceptors (Lipinski definition) is 8. The lowest BCUT2D eigenvalue weighted by Crippen LogP contribution is -2.37. The molecule has 0 fully saturated rings. The number of carbonyl (C=O) groups is 2. The summed E-state index contributed by atoms with van der Waals surface area (Å²) in [7, 11) is 1.12. The molecule has 354 valence electrons. The van der Waals surface area contributed by atoms with Gasteiger partial charge in [0, 0.05) is 12.5 Å². The quantitative estimate of drug-likeness (QED) is 0.0148. The van der Waals surface area contributed by atoms with Gasteiger partial charge in [-0.15, -0.1) is 0 Å². The Hall–Kier alpha value is -1.51. The first-order chi connectivity index (χ1) is 29.0. The van der Waals surface area contributed by atoms with Crippen LogP contribution in [0.1, 0.15) is 232 Å². The van der Waals surface area contributed by atoms with Gasteiger partial charge in [0.25, 0.3) is 7.82 Å². The molecule has 0 radical (unpaired) electrons. The molecule has 0 aliphatic carbocycles. The van der Waals surface area contributed by atoms with Gasteiger partial charge < -0.3 is 27.9 Å².